The Labute approximate surface area is 124 Å². The van der Waals surface area contributed by atoms with Crippen molar-refractivity contribution in [3.63, 3.8) is 0 Å². The normalized spacial score (nSPS) is 11.4. The molecule has 1 aromatic carbocycles. The fraction of sp³-hybridized carbons (Fsp3) is 0.267. The van der Waals surface area contributed by atoms with Crippen LogP contribution in [0.25, 0.3) is 0 Å². The lowest BCUT2D eigenvalue weighted by Crippen LogP contribution is -2.21. The van der Waals surface area contributed by atoms with Crippen LogP contribution in [0.4, 0.5) is 5.69 Å². The van der Waals surface area contributed by atoms with Crippen LogP contribution in [-0.4, -0.2) is 13.4 Å². The maximum Gasteiger partial charge on any atom is 0.272 e. The molecule has 0 bridgehead atoms. The first-order valence-electron chi connectivity index (χ1n) is 6.53. The molecule has 6 heteroatoms. The molecule has 0 aliphatic carbocycles. The molecule has 2 N–H and O–H groups in total. The van der Waals surface area contributed by atoms with E-state index in [0.717, 1.165) is 11.1 Å². The molecule has 0 saturated heterocycles. The average Bonchev–Trinajstić information content (AvgIpc) is 2.30. The van der Waals surface area contributed by atoms with Gasteiger partial charge >= 0.3 is 0 Å². The molecule has 0 aliphatic rings. The number of sulfonamides is 1. The van der Waals surface area contributed by atoms with Crippen LogP contribution in [-0.2, 0) is 15.8 Å². The van der Waals surface area contributed by atoms with E-state index < -0.39 is 15.6 Å². The van der Waals surface area contributed by atoms with Crippen LogP contribution in [0.2, 0.25) is 0 Å². The first-order valence-corrected chi connectivity index (χ1v) is 8.18. The Kier molecular flexibility index (Phi) is 4.18. The van der Waals surface area contributed by atoms with Gasteiger partial charge in [0.2, 0.25) is 10.0 Å². The number of hydrogen-bond acceptors (Lipinski definition) is 3. The summed E-state index contributed by atoms with van der Waals surface area (Å²) in [5, 5.41) is 0. The third-order valence-corrected chi connectivity index (χ3v) is 4.20. The van der Waals surface area contributed by atoms with Gasteiger partial charge in [-0.3, -0.25) is 9.52 Å². The zero-order valence-electron chi connectivity index (χ0n) is 12.2. The molecule has 0 saturated carbocycles. The molecule has 0 radical (unpaired) electrons. The van der Waals surface area contributed by atoms with Crippen molar-refractivity contribution in [1.82, 2.24) is 4.98 Å². The van der Waals surface area contributed by atoms with Gasteiger partial charge in [-0.1, -0.05) is 29.3 Å². The summed E-state index contributed by atoms with van der Waals surface area (Å²) in [7, 11) is -3.63. The van der Waals surface area contributed by atoms with E-state index >= 15 is 0 Å². The number of hydrogen-bond donors (Lipinski definition) is 2. The Balaban J connectivity index is 2.24. The topological polar surface area (TPSA) is 79.0 Å². The molecule has 21 heavy (non-hydrogen) atoms. The van der Waals surface area contributed by atoms with Gasteiger partial charge in [0.1, 0.15) is 5.69 Å². The maximum atomic E-state index is 12.2. The third kappa shape index (κ3) is 4.19. The molecule has 5 nitrogen and oxygen atoms in total. The predicted molar refractivity (Wildman–Crippen MR) is 84.0 cm³/mol. The number of nitrogens with one attached hydrogen (secondary N) is 2. The van der Waals surface area contributed by atoms with Crippen molar-refractivity contribution in [3.05, 3.63) is 63.1 Å². The minimum absolute atomic E-state index is 0.0324. The van der Waals surface area contributed by atoms with E-state index in [9.17, 15) is 13.2 Å². The third-order valence-electron chi connectivity index (χ3n) is 2.96. The van der Waals surface area contributed by atoms with E-state index in [2.05, 4.69) is 9.71 Å². The number of benzene rings is 1. The standard InChI is InChI=1S/C15H18N2O3S/c1-10-6-11(2)8-13(7-10)9-21(19,20)17-14-5-4-12(3)16-15(14)18/h4-8,17H,9H2,1-3H3,(H,16,18). The van der Waals surface area contributed by atoms with Crippen LogP contribution >= 0.6 is 0 Å². The Bertz CT molecular complexity index is 803. The SMILES string of the molecule is Cc1cc(C)cc(CS(=O)(=O)Nc2ccc(C)[nH]c2=O)c1. The quantitative estimate of drug-likeness (QED) is 0.909. The number of pyridine rings is 1. The lowest BCUT2D eigenvalue weighted by molar-refractivity contribution is 0.600. The van der Waals surface area contributed by atoms with Crippen LogP contribution in [0.1, 0.15) is 22.4 Å². The number of anilines is 1. The summed E-state index contributed by atoms with van der Waals surface area (Å²) in [4.78, 5) is 14.3. The van der Waals surface area contributed by atoms with Crippen LogP contribution in [0, 0.1) is 20.8 Å². The van der Waals surface area contributed by atoms with Gasteiger partial charge in [0, 0.05) is 5.69 Å². The van der Waals surface area contributed by atoms with E-state index in [1.165, 1.54) is 6.07 Å². The number of aromatic amines is 1. The fourth-order valence-corrected chi connectivity index (χ4v) is 3.40. The van der Waals surface area contributed by atoms with E-state index in [-0.39, 0.29) is 11.4 Å². The second-order valence-corrected chi connectivity index (χ2v) is 6.96. The molecule has 1 heterocycles. The lowest BCUT2D eigenvalue weighted by Gasteiger charge is -2.09. The fourth-order valence-electron chi connectivity index (χ4n) is 2.23. The van der Waals surface area contributed by atoms with E-state index in [4.69, 9.17) is 0 Å². The van der Waals surface area contributed by atoms with Crippen LogP contribution in [0.15, 0.2) is 35.1 Å². The lowest BCUT2D eigenvalue weighted by atomic mass is 10.1. The van der Waals surface area contributed by atoms with Gasteiger partial charge in [-0.25, -0.2) is 8.42 Å². The summed E-state index contributed by atoms with van der Waals surface area (Å²) in [6, 6.07) is 8.74. The summed E-state index contributed by atoms with van der Waals surface area (Å²) in [5.74, 6) is -0.164. The zero-order valence-corrected chi connectivity index (χ0v) is 13.0. The van der Waals surface area contributed by atoms with E-state index in [1.54, 1.807) is 13.0 Å². The minimum atomic E-state index is -3.63. The molecule has 0 fully saturated rings. The highest BCUT2D eigenvalue weighted by molar-refractivity contribution is 7.91. The Hall–Kier alpha value is -2.08. The molecule has 0 amide bonds. The average molecular weight is 306 g/mol. The van der Waals surface area contributed by atoms with Gasteiger partial charge in [0.05, 0.1) is 5.75 Å². The van der Waals surface area contributed by atoms with Gasteiger partial charge in [-0.05, 0) is 38.5 Å². The number of aromatic nitrogens is 1. The number of H-pyrrole nitrogens is 1. The predicted octanol–water partition coefficient (Wildman–Crippen LogP) is 2.24. The molecule has 0 spiro atoms. The van der Waals surface area contributed by atoms with Crippen LogP contribution < -0.4 is 10.3 Å². The largest absolute Gasteiger partial charge is 0.325 e. The van der Waals surface area contributed by atoms with Crippen LogP contribution in [0.3, 0.4) is 0 Å². The molecule has 2 aromatic rings. The molecule has 2 rings (SSSR count). The van der Waals surface area contributed by atoms with Crippen molar-refractivity contribution in [2.45, 2.75) is 26.5 Å². The Morgan fingerprint density at radius 3 is 2.24 bits per heavy atom. The second kappa shape index (κ2) is 5.73. The van der Waals surface area contributed by atoms with Gasteiger partial charge in [-0.15, -0.1) is 0 Å². The molecular formula is C15H18N2O3S. The molecule has 0 unspecified atom stereocenters. The van der Waals surface area contributed by atoms with Gasteiger partial charge < -0.3 is 4.98 Å². The summed E-state index contributed by atoms with van der Waals surface area (Å²) < 4.78 is 26.7. The van der Waals surface area contributed by atoms with Crippen LogP contribution in [0.5, 0.6) is 0 Å². The summed E-state index contributed by atoms with van der Waals surface area (Å²) >= 11 is 0. The highest BCUT2D eigenvalue weighted by Gasteiger charge is 2.14. The molecule has 1 aromatic heterocycles. The Morgan fingerprint density at radius 2 is 1.67 bits per heavy atom. The Morgan fingerprint density at radius 1 is 1.05 bits per heavy atom. The van der Waals surface area contributed by atoms with Crippen molar-refractivity contribution in [2.24, 2.45) is 0 Å². The zero-order chi connectivity index (χ0) is 15.6. The highest BCUT2D eigenvalue weighted by Crippen LogP contribution is 2.13. The van der Waals surface area contributed by atoms with Gasteiger partial charge in [0.25, 0.3) is 5.56 Å². The summed E-state index contributed by atoms with van der Waals surface area (Å²) in [5.41, 5.74) is 2.98. The van der Waals surface area contributed by atoms with Crippen molar-refractivity contribution >= 4 is 15.7 Å². The summed E-state index contributed by atoms with van der Waals surface area (Å²) in [6.07, 6.45) is 0. The van der Waals surface area contributed by atoms with E-state index in [1.807, 2.05) is 32.0 Å². The minimum Gasteiger partial charge on any atom is -0.325 e. The van der Waals surface area contributed by atoms with Crippen molar-refractivity contribution in [2.75, 3.05) is 4.72 Å². The van der Waals surface area contributed by atoms with Gasteiger partial charge in [0.15, 0.2) is 0 Å². The number of rotatable bonds is 4. The maximum absolute atomic E-state index is 12.2. The molecular weight excluding hydrogens is 288 g/mol. The smallest absolute Gasteiger partial charge is 0.272 e. The molecule has 0 atom stereocenters. The monoisotopic (exact) mass is 306 g/mol. The van der Waals surface area contributed by atoms with Crippen molar-refractivity contribution in [3.8, 4) is 0 Å². The summed E-state index contributed by atoms with van der Waals surface area (Å²) in [6.45, 7) is 5.57. The molecule has 112 valence electrons. The van der Waals surface area contributed by atoms with Crippen molar-refractivity contribution in [1.29, 1.82) is 0 Å². The van der Waals surface area contributed by atoms with Crippen molar-refractivity contribution < 1.29 is 8.42 Å². The van der Waals surface area contributed by atoms with Gasteiger partial charge in [-0.2, -0.15) is 0 Å². The number of aryl methyl sites for hydroxylation is 3. The highest BCUT2D eigenvalue weighted by atomic mass is 32.2. The molecule has 0 aliphatic heterocycles. The first-order chi connectivity index (χ1) is 9.75. The van der Waals surface area contributed by atoms with E-state index in [0.29, 0.717) is 11.3 Å². The second-order valence-electron chi connectivity index (χ2n) is 5.24. The first kappa shape index (κ1) is 15.3.